The molecule has 0 saturated carbocycles. The minimum absolute atomic E-state index is 0.172. The lowest BCUT2D eigenvalue weighted by atomic mass is 10.2. The topological polar surface area (TPSA) is 53.3 Å². The van der Waals surface area contributed by atoms with Gasteiger partial charge in [0, 0.05) is 13.0 Å². The van der Waals surface area contributed by atoms with Crippen LogP contribution in [0.25, 0.3) is 0 Å². The summed E-state index contributed by atoms with van der Waals surface area (Å²) in [5.41, 5.74) is 0. The molecule has 0 aliphatic carbocycles. The molecule has 0 amide bonds. The monoisotopic (exact) mass is 198 g/mol. The van der Waals surface area contributed by atoms with Crippen LogP contribution in [0.4, 0.5) is 0 Å². The number of unbranched alkanes of at least 4 members (excludes halogenated alkanes) is 2. The van der Waals surface area contributed by atoms with Crippen LogP contribution in [0.1, 0.15) is 25.7 Å². The summed E-state index contributed by atoms with van der Waals surface area (Å²) in [5.74, 6) is -0.172. The Morgan fingerprint density at radius 3 is 2.71 bits per heavy atom. The average molecular weight is 198 g/mol. The second-order valence-electron chi connectivity index (χ2n) is 3.24. The Balaban J connectivity index is 3.33. The van der Waals surface area contributed by atoms with E-state index in [9.17, 15) is 4.79 Å². The first-order valence-corrected chi connectivity index (χ1v) is 4.83. The lowest BCUT2D eigenvalue weighted by Gasteiger charge is -2.14. The van der Waals surface area contributed by atoms with Crippen molar-refractivity contribution < 1.29 is 9.53 Å². The van der Waals surface area contributed by atoms with Gasteiger partial charge in [-0.05, 0) is 26.4 Å². The molecule has 0 saturated heterocycles. The van der Waals surface area contributed by atoms with Crippen LogP contribution in [-0.2, 0) is 9.53 Å². The molecule has 0 bridgehead atoms. The molecule has 0 aromatic rings. The molecule has 0 aromatic carbocycles. The number of carbonyl (C=O) groups excluding carboxylic acids is 1. The highest BCUT2D eigenvalue weighted by atomic mass is 16.5. The number of hydrogen-bond acceptors (Lipinski definition) is 4. The van der Waals surface area contributed by atoms with Crippen molar-refractivity contribution in [2.45, 2.75) is 25.7 Å². The van der Waals surface area contributed by atoms with Gasteiger partial charge in [0.25, 0.3) is 0 Å². The first-order chi connectivity index (χ1) is 6.70. The summed E-state index contributed by atoms with van der Waals surface area (Å²) in [6.45, 7) is 1.65. The number of nitriles is 1. The molecule has 0 radical (unpaired) electrons. The van der Waals surface area contributed by atoms with Crippen LogP contribution in [0.3, 0.4) is 0 Å². The van der Waals surface area contributed by atoms with E-state index in [1.54, 1.807) is 0 Å². The van der Waals surface area contributed by atoms with Crippen molar-refractivity contribution in [1.29, 1.82) is 5.26 Å². The van der Waals surface area contributed by atoms with Crippen molar-refractivity contribution in [3.05, 3.63) is 0 Å². The van der Waals surface area contributed by atoms with Crippen molar-refractivity contribution in [3.8, 4) is 6.07 Å². The van der Waals surface area contributed by atoms with Gasteiger partial charge in [0.1, 0.15) is 0 Å². The Hall–Kier alpha value is -1.08. The molecule has 0 N–H and O–H groups in total. The van der Waals surface area contributed by atoms with Crippen molar-refractivity contribution in [2.75, 3.05) is 27.2 Å². The Morgan fingerprint density at radius 2 is 2.14 bits per heavy atom. The number of carbonyl (C=O) groups is 1. The van der Waals surface area contributed by atoms with Gasteiger partial charge in [-0.15, -0.1) is 0 Å². The molecule has 4 nitrogen and oxygen atoms in total. The first-order valence-electron chi connectivity index (χ1n) is 4.83. The van der Waals surface area contributed by atoms with E-state index < -0.39 is 0 Å². The number of esters is 1. The van der Waals surface area contributed by atoms with Crippen LogP contribution in [0.15, 0.2) is 0 Å². The summed E-state index contributed by atoms with van der Waals surface area (Å²) in [4.78, 5) is 12.9. The normalized spacial score (nSPS) is 9.86. The van der Waals surface area contributed by atoms with Gasteiger partial charge in [-0.3, -0.25) is 4.79 Å². The highest BCUT2D eigenvalue weighted by molar-refractivity contribution is 5.69. The third kappa shape index (κ3) is 7.56. The van der Waals surface area contributed by atoms with E-state index in [2.05, 4.69) is 15.7 Å². The molecule has 0 atom stereocenters. The van der Waals surface area contributed by atoms with Crippen molar-refractivity contribution >= 4 is 5.97 Å². The Morgan fingerprint density at radius 1 is 1.43 bits per heavy atom. The van der Waals surface area contributed by atoms with Crippen molar-refractivity contribution in [1.82, 2.24) is 4.90 Å². The van der Waals surface area contributed by atoms with E-state index in [4.69, 9.17) is 5.26 Å². The maximum Gasteiger partial charge on any atom is 0.306 e. The molecule has 0 aliphatic rings. The van der Waals surface area contributed by atoms with Gasteiger partial charge in [-0.25, -0.2) is 0 Å². The lowest BCUT2D eigenvalue weighted by molar-refractivity contribution is -0.140. The molecule has 0 spiro atoms. The summed E-state index contributed by atoms with van der Waals surface area (Å²) in [6, 6.07) is 2.11. The molecule has 80 valence electrons. The van der Waals surface area contributed by atoms with Crippen LogP contribution in [0, 0.1) is 11.3 Å². The summed E-state index contributed by atoms with van der Waals surface area (Å²) < 4.78 is 4.53. The number of methoxy groups -OCH3 is 1. The zero-order valence-corrected chi connectivity index (χ0v) is 8.95. The largest absolute Gasteiger partial charge is 0.469 e. The van der Waals surface area contributed by atoms with Crippen LogP contribution in [0.2, 0.25) is 0 Å². The number of ether oxygens (including phenoxy) is 1. The molecule has 4 heteroatoms. The van der Waals surface area contributed by atoms with Gasteiger partial charge in [-0.1, -0.05) is 0 Å². The zero-order chi connectivity index (χ0) is 10.8. The molecular formula is C10H18N2O2. The van der Waals surface area contributed by atoms with E-state index in [1.807, 2.05) is 7.05 Å². The third-order valence-corrected chi connectivity index (χ3v) is 2.00. The first kappa shape index (κ1) is 12.9. The van der Waals surface area contributed by atoms with Gasteiger partial charge in [0.05, 0.1) is 19.6 Å². The Bertz CT molecular complexity index is 199. The van der Waals surface area contributed by atoms with Crippen LogP contribution in [-0.4, -0.2) is 38.1 Å². The second-order valence-corrected chi connectivity index (χ2v) is 3.24. The Labute approximate surface area is 85.5 Å². The SMILES string of the molecule is COC(=O)CCN(C)CCCCC#N. The predicted octanol–water partition coefficient (Wildman–Crippen LogP) is 1.18. The van der Waals surface area contributed by atoms with Crippen LogP contribution in [0.5, 0.6) is 0 Å². The van der Waals surface area contributed by atoms with E-state index in [0.717, 1.165) is 25.9 Å². The fourth-order valence-corrected chi connectivity index (χ4v) is 1.08. The van der Waals surface area contributed by atoms with Gasteiger partial charge in [0.2, 0.25) is 0 Å². The smallest absolute Gasteiger partial charge is 0.306 e. The minimum Gasteiger partial charge on any atom is -0.469 e. The van der Waals surface area contributed by atoms with Crippen molar-refractivity contribution in [3.63, 3.8) is 0 Å². The minimum atomic E-state index is -0.172. The number of hydrogen-bond donors (Lipinski definition) is 0. The van der Waals surface area contributed by atoms with E-state index >= 15 is 0 Å². The predicted molar refractivity (Wildman–Crippen MR) is 53.6 cm³/mol. The Kier molecular flexibility index (Phi) is 7.86. The van der Waals surface area contributed by atoms with Gasteiger partial charge >= 0.3 is 5.97 Å². The highest BCUT2D eigenvalue weighted by Crippen LogP contribution is 1.97. The van der Waals surface area contributed by atoms with E-state index in [-0.39, 0.29) is 5.97 Å². The van der Waals surface area contributed by atoms with Gasteiger partial charge in [-0.2, -0.15) is 5.26 Å². The summed E-state index contributed by atoms with van der Waals surface area (Å²) in [6.07, 6.45) is 2.99. The molecule has 14 heavy (non-hydrogen) atoms. The molecule has 0 aromatic heterocycles. The van der Waals surface area contributed by atoms with Crippen molar-refractivity contribution in [2.24, 2.45) is 0 Å². The van der Waals surface area contributed by atoms with E-state index in [0.29, 0.717) is 12.8 Å². The molecule has 0 unspecified atom stereocenters. The maximum atomic E-state index is 10.8. The molecule has 0 rings (SSSR count). The average Bonchev–Trinajstić information content (AvgIpc) is 2.21. The van der Waals surface area contributed by atoms with Gasteiger partial charge in [0.15, 0.2) is 0 Å². The molecule has 0 fully saturated rings. The maximum absolute atomic E-state index is 10.8. The quantitative estimate of drug-likeness (QED) is 0.455. The fraction of sp³-hybridized carbons (Fsp3) is 0.800. The highest BCUT2D eigenvalue weighted by Gasteiger charge is 2.03. The molecule has 0 heterocycles. The molecule has 0 aliphatic heterocycles. The van der Waals surface area contributed by atoms with Crippen LogP contribution >= 0.6 is 0 Å². The number of rotatable bonds is 7. The summed E-state index contributed by atoms with van der Waals surface area (Å²) >= 11 is 0. The fourth-order valence-electron chi connectivity index (χ4n) is 1.08. The standard InChI is InChI=1S/C10H18N2O2/c1-12(8-5-3-4-7-11)9-6-10(13)14-2/h3-6,8-9H2,1-2H3. The van der Waals surface area contributed by atoms with E-state index in [1.165, 1.54) is 7.11 Å². The summed E-state index contributed by atoms with van der Waals surface area (Å²) in [7, 11) is 3.37. The lowest BCUT2D eigenvalue weighted by Crippen LogP contribution is -2.23. The van der Waals surface area contributed by atoms with Gasteiger partial charge < -0.3 is 9.64 Å². The molecular weight excluding hydrogens is 180 g/mol. The second kappa shape index (κ2) is 8.52. The van der Waals surface area contributed by atoms with Crippen LogP contribution < -0.4 is 0 Å². The zero-order valence-electron chi connectivity index (χ0n) is 8.95. The number of nitrogens with zero attached hydrogens (tertiary/aromatic N) is 2. The summed E-state index contributed by atoms with van der Waals surface area (Å²) in [5, 5.41) is 8.31. The third-order valence-electron chi connectivity index (χ3n) is 2.00.